The molecule has 2 saturated heterocycles. The molecule has 0 aromatic heterocycles. The van der Waals surface area contributed by atoms with E-state index in [4.69, 9.17) is 5.11 Å². The number of amides is 2. The summed E-state index contributed by atoms with van der Waals surface area (Å²) in [6, 6.07) is -0.289. The van der Waals surface area contributed by atoms with Crippen molar-refractivity contribution in [2.45, 2.75) is 37.2 Å². The van der Waals surface area contributed by atoms with E-state index in [1.807, 2.05) is 0 Å². The van der Waals surface area contributed by atoms with Gasteiger partial charge in [-0.25, -0.2) is 4.79 Å². The highest BCUT2D eigenvalue weighted by atomic mass is 32.2. The molecule has 3 unspecified atom stereocenters. The normalized spacial score (nSPS) is 30.5. The molecule has 0 aromatic carbocycles. The molecule has 132 valence electrons. The van der Waals surface area contributed by atoms with Crippen LogP contribution in [0.25, 0.3) is 0 Å². The molecule has 0 saturated carbocycles. The SMILES string of the molecule is CC(O)C1C(=O)N2C(C(=O)O)=C(SC3CCN(C(=O)CO)C3)C[C@H]12. The van der Waals surface area contributed by atoms with Gasteiger partial charge in [-0.1, -0.05) is 0 Å². The molecule has 0 aromatic rings. The maximum atomic E-state index is 12.1. The second kappa shape index (κ2) is 6.38. The summed E-state index contributed by atoms with van der Waals surface area (Å²) >= 11 is 1.39. The molecule has 0 aliphatic carbocycles. The molecule has 3 aliphatic rings. The van der Waals surface area contributed by atoms with E-state index in [-0.39, 0.29) is 28.8 Å². The number of thioether (sulfide) groups is 1. The van der Waals surface area contributed by atoms with E-state index in [1.54, 1.807) is 11.8 Å². The van der Waals surface area contributed by atoms with Gasteiger partial charge in [0.15, 0.2) is 0 Å². The van der Waals surface area contributed by atoms with Crippen molar-refractivity contribution in [2.24, 2.45) is 5.92 Å². The van der Waals surface area contributed by atoms with Gasteiger partial charge in [0.2, 0.25) is 11.8 Å². The summed E-state index contributed by atoms with van der Waals surface area (Å²) in [5.41, 5.74) is 0.0128. The van der Waals surface area contributed by atoms with Crippen molar-refractivity contribution < 1.29 is 29.7 Å². The minimum atomic E-state index is -1.14. The Morgan fingerprint density at radius 2 is 2.12 bits per heavy atom. The van der Waals surface area contributed by atoms with Gasteiger partial charge in [-0.05, 0) is 13.3 Å². The number of β-lactam (4-membered cyclic amide) rings is 1. The van der Waals surface area contributed by atoms with Gasteiger partial charge in [-0.2, -0.15) is 0 Å². The van der Waals surface area contributed by atoms with Crippen LogP contribution in [0.1, 0.15) is 19.8 Å². The molecule has 3 rings (SSSR count). The van der Waals surface area contributed by atoms with Gasteiger partial charge in [0.1, 0.15) is 12.3 Å². The number of fused-ring (bicyclic) bond motifs is 1. The summed E-state index contributed by atoms with van der Waals surface area (Å²) < 4.78 is 0. The summed E-state index contributed by atoms with van der Waals surface area (Å²) in [4.78, 5) is 38.7. The van der Waals surface area contributed by atoms with Gasteiger partial charge in [0, 0.05) is 29.7 Å². The second-order valence-electron chi connectivity index (χ2n) is 6.35. The topological polar surface area (TPSA) is 118 Å². The lowest BCUT2D eigenvalue weighted by molar-refractivity contribution is -0.161. The zero-order valence-electron chi connectivity index (χ0n) is 13.2. The standard InChI is InChI=1S/C15H20N2O6S/c1-7(19)12-9-4-10(13(15(22)23)17(9)14(12)21)24-8-2-3-16(5-8)11(20)6-18/h7-9,12,18-19H,2-6H2,1H3,(H,22,23)/t7?,8?,9-,12?/m1/s1. The van der Waals surface area contributed by atoms with Crippen LogP contribution >= 0.6 is 11.8 Å². The maximum absolute atomic E-state index is 12.1. The van der Waals surface area contributed by atoms with Crippen molar-refractivity contribution in [3.8, 4) is 0 Å². The summed E-state index contributed by atoms with van der Waals surface area (Å²) in [6.07, 6.45) is 0.339. The van der Waals surface area contributed by atoms with Crippen LogP contribution in [0.15, 0.2) is 10.6 Å². The number of rotatable bonds is 5. The highest BCUT2D eigenvalue weighted by molar-refractivity contribution is 8.03. The Bertz CT molecular complexity index is 619. The molecule has 3 N–H and O–H groups in total. The largest absolute Gasteiger partial charge is 0.477 e. The molecule has 4 atom stereocenters. The first-order valence-electron chi connectivity index (χ1n) is 7.88. The zero-order chi connectivity index (χ0) is 17.6. The Hall–Kier alpha value is -1.58. The average molecular weight is 356 g/mol. The van der Waals surface area contributed by atoms with Crippen LogP contribution < -0.4 is 0 Å². The van der Waals surface area contributed by atoms with Gasteiger partial charge in [0.25, 0.3) is 0 Å². The van der Waals surface area contributed by atoms with Crippen molar-refractivity contribution in [2.75, 3.05) is 19.7 Å². The molecule has 0 bridgehead atoms. The number of carbonyl (C=O) groups excluding carboxylic acids is 2. The summed E-state index contributed by atoms with van der Waals surface area (Å²) in [7, 11) is 0. The van der Waals surface area contributed by atoms with E-state index >= 15 is 0 Å². The van der Waals surface area contributed by atoms with Gasteiger partial charge in [-0.15, -0.1) is 11.8 Å². The van der Waals surface area contributed by atoms with Crippen molar-refractivity contribution in [3.63, 3.8) is 0 Å². The van der Waals surface area contributed by atoms with E-state index < -0.39 is 24.6 Å². The molecule has 0 radical (unpaired) electrons. The quantitative estimate of drug-likeness (QED) is 0.553. The highest BCUT2D eigenvalue weighted by Crippen LogP contribution is 2.48. The van der Waals surface area contributed by atoms with Crippen molar-refractivity contribution in [1.82, 2.24) is 9.80 Å². The number of nitrogens with zero attached hydrogens (tertiary/aromatic N) is 2. The number of hydrogen-bond acceptors (Lipinski definition) is 6. The number of hydrogen-bond donors (Lipinski definition) is 3. The smallest absolute Gasteiger partial charge is 0.353 e. The number of aliphatic hydroxyl groups is 2. The predicted octanol–water partition coefficient (Wildman–Crippen LogP) is -0.779. The fourth-order valence-corrected chi connectivity index (χ4v) is 5.13. The van der Waals surface area contributed by atoms with E-state index in [0.29, 0.717) is 30.8 Å². The molecular formula is C15H20N2O6S. The van der Waals surface area contributed by atoms with Crippen LogP contribution in [0.4, 0.5) is 0 Å². The lowest BCUT2D eigenvalue weighted by Crippen LogP contribution is -2.61. The maximum Gasteiger partial charge on any atom is 0.353 e. The molecular weight excluding hydrogens is 336 g/mol. The molecule has 24 heavy (non-hydrogen) atoms. The van der Waals surface area contributed by atoms with Crippen LogP contribution in [0, 0.1) is 5.92 Å². The minimum absolute atomic E-state index is 0.0128. The number of likely N-dealkylation sites (tertiary alicyclic amines) is 1. The van der Waals surface area contributed by atoms with Gasteiger partial charge < -0.3 is 25.1 Å². The predicted molar refractivity (Wildman–Crippen MR) is 84.7 cm³/mol. The van der Waals surface area contributed by atoms with Crippen LogP contribution in [0.5, 0.6) is 0 Å². The molecule has 0 spiro atoms. The molecule has 8 nitrogen and oxygen atoms in total. The minimum Gasteiger partial charge on any atom is -0.477 e. The fraction of sp³-hybridized carbons (Fsp3) is 0.667. The van der Waals surface area contributed by atoms with Crippen molar-refractivity contribution in [3.05, 3.63) is 10.6 Å². The van der Waals surface area contributed by atoms with E-state index in [1.165, 1.54) is 16.7 Å². The van der Waals surface area contributed by atoms with Gasteiger partial charge in [0.05, 0.1) is 18.1 Å². The Morgan fingerprint density at radius 3 is 2.71 bits per heavy atom. The van der Waals surface area contributed by atoms with E-state index in [9.17, 15) is 24.6 Å². The third kappa shape index (κ3) is 2.70. The van der Waals surface area contributed by atoms with E-state index in [2.05, 4.69) is 0 Å². The molecule has 2 amide bonds. The first kappa shape index (κ1) is 17.2. The van der Waals surface area contributed by atoms with Crippen LogP contribution in [0.2, 0.25) is 0 Å². The Kier molecular flexibility index (Phi) is 4.58. The molecule has 3 aliphatic heterocycles. The second-order valence-corrected chi connectivity index (χ2v) is 7.74. The van der Waals surface area contributed by atoms with Crippen LogP contribution in [-0.4, -0.2) is 80.0 Å². The number of aliphatic carboxylic acids is 1. The molecule has 2 fully saturated rings. The van der Waals surface area contributed by atoms with Gasteiger partial charge >= 0.3 is 5.97 Å². The summed E-state index contributed by atoms with van der Waals surface area (Å²) in [5.74, 6) is -2.36. The Balaban J connectivity index is 1.73. The summed E-state index contributed by atoms with van der Waals surface area (Å²) in [6.45, 7) is 2.01. The molecule has 9 heteroatoms. The lowest BCUT2D eigenvalue weighted by atomic mass is 9.83. The van der Waals surface area contributed by atoms with E-state index in [0.717, 1.165) is 0 Å². The molecule has 3 heterocycles. The zero-order valence-corrected chi connectivity index (χ0v) is 14.0. The monoisotopic (exact) mass is 356 g/mol. The Labute approximate surface area is 143 Å². The van der Waals surface area contributed by atoms with Crippen LogP contribution in [0.3, 0.4) is 0 Å². The third-order valence-electron chi connectivity index (χ3n) is 4.83. The highest BCUT2D eigenvalue weighted by Gasteiger charge is 2.57. The lowest BCUT2D eigenvalue weighted by Gasteiger charge is -2.44. The number of carboxylic acids is 1. The summed E-state index contributed by atoms with van der Waals surface area (Å²) in [5, 5.41) is 28.2. The van der Waals surface area contributed by atoms with Crippen molar-refractivity contribution in [1.29, 1.82) is 0 Å². The third-order valence-corrected chi connectivity index (χ3v) is 6.20. The van der Waals surface area contributed by atoms with Crippen LogP contribution in [-0.2, 0) is 14.4 Å². The fourth-order valence-electron chi connectivity index (χ4n) is 3.69. The number of carbonyl (C=O) groups is 3. The first-order valence-corrected chi connectivity index (χ1v) is 8.76. The first-order chi connectivity index (χ1) is 11.3. The Morgan fingerprint density at radius 1 is 1.42 bits per heavy atom. The average Bonchev–Trinajstić information content (AvgIpc) is 3.09. The number of aliphatic hydroxyl groups excluding tert-OH is 2. The van der Waals surface area contributed by atoms with Gasteiger partial charge in [-0.3, -0.25) is 9.59 Å². The van der Waals surface area contributed by atoms with Crippen molar-refractivity contribution >= 4 is 29.5 Å². The number of carboxylic acid groups (broad SMARTS) is 1.